The van der Waals surface area contributed by atoms with E-state index in [1.165, 1.54) is 0 Å². The SMILES string of the molecule is Cc1cccc(C(=O)N(Cc2sccc2C)C2CCS(=O)(=O)C2)c1. The molecule has 0 saturated carbocycles. The second kappa shape index (κ2) is 6.69. The number of thiophene rings is 1. The molecule has 1 aliphatic rings. The number of hydrogen-bond acceptors (Lipinski definition) is 4. The number of rotatable bonds is 4. The Balaban J connectivity index is 1.92. The third kappa shape index (κ3) is 3.70. The first kappa shape index (κ1) is 17.2. The van der Waals surface area contributed by atoms with E-state index < -0.39 is 9.84 Å². The molecule has 1 unspecified atom stereocenters. The molecule has 1 fully saturated rings. The lowest BCUT2D eigenvalue weighted by Gasteiger charge is -2.28. The lowest BCUT2D eigenvalue weighted by molar-refractivity contribution is 0.0682. The third-order valence-electron chi connectivity index (χ3n) is 4.46. The smallest absolute Gasteiger partial charge is 0.254 e. The van der Waals surface area contributed by atoms with Gasteiger partial charge in [0.2, 0.25) is 0 Å². The van der Waals surface area contributed by atoms with Gasteiger partial charge in [0.1, 0.15) is 0 Å². The molecule has 3 rings (SSSR count). The highest BCUT2D eigenvalue weighted by molar-refractivity contribution is 7.91. The van der Waals surface area contributed by atoms with E-state index in [2.05, 4.69) is 0 Å². The predicted octanol–water partition coefficient (Wildman–Crippen LogP) is 3.19. The molecule has 0 aliphatic carbocycles. The van der Waals surface area contributed by atoms with Crippen LogP contribution in [0.1, 0.15) is 32.8 Å². The molecule has 1 aromatic carbocycles. The summed E-state index contributed by atoms with van der Waals surface area (Å²) >= 11 is 1.61. The van der Waals surface area contributed by atoms with Crippen LogP contribution in [-0.4, -0.2) is 36.8 Å². The molecule has 1 aliphatic heterocycles. The molecule has 1 atom stereocenters. The third-order valence-corrected chi connectivity index (χ3v) is 7.22. The fourth-order valence-corrected chi connectivity index (χ4v) is 5.69. The lowest BCUT2D eigenvalue weighted by atomic mass is 10.1. The Morgan fingerprint density at radius 3 is 2.67 bits per heavy atom. The van der Waals surface area contributed by atoms with E-state index >= 15 is 0 Å². The minimum Gasteiger partial charge on any atom is -0.329 e. The van der Waals surface area contributed by atoms with Crippen LogP contribution in [0.25, 0.3) is 0 Å². The molecule has 2 aromatic rings. The van der Waals surface area contributed by atoms with Crippen LogP contribution < -0.4 is 0 Å². The zero-order valence-corrected chi connectivity index (χ0v) is 15.5. The van der Waals surface area contributed by atoms with Gasteiger partial charge in [-0.3, -0.25) is 4.79 Å². The van der Waals surface area contributed by atoms with Gasteiger partial charge >= 0.3 is 0 Å². The maximum atomic E-state index is 13.1. The quantitative estimate of drug-likeness (QED) is 0.838. The number of aryl methyl sites for hydroxylation is 2. The van der Waals surface area contributed by atoms with E-state index in [0.717, 1.165) is 16.0 Å². The second-order valence-electron chi connectivity index (χ2n) is 6.39. The van der Waals surface area contributed by atoms with Gasteiger partial charge in [0.05, 0.1) is 18.1 Å². The van der Waals surface area contributed by atoms with Gasteiger partial charge in [0.25, 0.3) is 5.91 Å². The maximum absolute atomic E-state index is 13.1. The topological polar surface area (TPSA) is 54.5 Å². The van der Waals surface area contributed by atoms with Gasteiger partial charge < -0.3 is 4.90 Å². The number of nitrogens with zero attached hydrogens (tertiary/aromatic N) is 1. The van der Waals surface area contributed by atoms with Crippen molar-refractivity contribution in [3.8, 4) is 0 Å². The number of carbonyl (C=O) groups is 1. The average molecular weight is 364 g/mol. The highest BCUT2D eigenvalue weighted by atomic mass is 32.2. The summed E-state index contributed by atoms with van der Waals surface area (Å²) in [4.78, 5) is 15.9. The lowest BCUT2D eigenvalue weighted by Crippen LogP contribution is -2.40. The zero-order chi connectivity index (χ0) is 17.3. The molecule has 0 spiro atoms. The fourth-order valence-electron chi connectivity index (χ4n) is 3.05. The predicted molar refractivity (Wildman–Crippen MR) is 97.2 cm³/mol. The standard InChI is InChI=1S/C18H21NO3S2/c1-13-4-3-5-15(10-13)18(20)19(11-17-14(2)6-8-23-17)16-7-9-24(21,22)12-16/h3-6,8,10,16H,7,9,11-12H2,1-2H3. The Labute approximate surface area is 147 Å². The van der Waals surface area contributed by atoms with Crippen molar-refractivity contribution in [1.29, 1.82) is 0 Å². The summed E-state index contributed by atoms with van der Waals surface area (Å²) in [5.74, 6) is 0.141. The van der Waals surface area contributed by atoms with Crippen LogP contribution in [0.3, 0.4) is 0 Å². The number of benzene rings is 1. The highest BCUT2D eigenvalue weighted by Gasteiger charge is 2.35. The van der Waals surface area contributed by atoms with Crippen molar-refractivity contribution in [2.24, 2.45) is 0 Å². The van der Waals surface area contributed by atoms with E-state index in [0.29, 0.717) is 18.5 Å². The van der Waals surface area contributed by atoms with Crippen LogP contribution in [0.5, 0.6) is 0 Å². The zero-order valence-electron chi connectivity index (χ0n) is 13.9. The number of hydrogen-bond donors (Lipinski definition) is 0. The number of sulfone groups is 1. The summed E-state index contributed by atoms with van der Waals surface area (Å²) in [6.45, 7) is 4.44. The maximum Gasteiger partial charge on any atom is 0.254 e. The number of amides is 1. The summed E-state index contributed by atoms with van der Waals surface area (Å²) in [5.41, 5.74) is 2.78. The molecule has 4 nitrogen and oxygen atoms in total. The van der Waals surface area contributed by atoms with Gasteiger partial charge in [-0.25, -0.2) is 8.42 Å². The van der Waals surface area contributed by atoms with Gasteiger partial charge in [0.15, 0.2) is 9.84 Å². The van der Waals surface area contributed by atoms with Crippen LogP contribution in [0.15, 0.2) is 35.7 Å². The average Bonchev–Trinajstić information content (AvgIpc) is 3.09. The summed E-state index contributed by atoms with van der Waals surface area (Å²) in [6.07, 6.45) is 0.518. The van der Waals surface area contributed by atoms with Crippen LogP contribution in [0.2, 0.25) is 0 Å². The molecule has 1 aromatic heterocycles. The molecule has 128 valence electrons. The minimum absolute atomic E-state index is 0.0645. The van der Waals surface area contributed by atoms with Crippen LogP contribution in [0, 0.1) is 13.8 Å². The fraction of sp³-hybridized carbons (Fsp3) is 0.389. The Morgan fingerprint density at radius 2 is 2.08 bits per heavy atom. The van der Waals surface area contributed by atoms with Crippen molar-refractivity contribution < 1.29 is 13.2 Å². The van der Waals surface area contributed by atoms with Crippen molar-refractivity contribution in [3.63, 3.8) is 0 Å². The minimum atomic E-state index is -3.04. The van der Waals surface area contributed by atoms with E-state index in [9.17, 15) is 13.2 Å². The van der Waals surface area contributed by atoms with Crippen LogP contribution in [-0.2, 0) is 16.4 Å². The molecular weight excluding hydrogens is 342 g/mol. The molecular formula is C18H21NO3S2. The van der Waals surface area contributed by atoms with Gasteiger partial charge in [-0.15, -0.1) is 11.3 Å². The van der Waals surface area contributed by atoms with E-state index in [1.807, 2.05) is 43.5 Å². The molecule has 0 radical (unpaired) electrons. The highest BCUT2D eigenvalue weighted by Crippen LogP contribution is 2.25. The second-order valence-corrected chi connectivity index (χ2v) is 9.62. The first-order chi connectivity index (χ1) is 11.4. The van der Waals surface area contributed by atoms with Gasteiger partial charge in [-0.05, 0) is 49.4 Å². The largest absolute Gasteiger partial charge is 0.329 e. The molecule has 0 bridgehead atoms. The summed E-state index contributed by atoms with van der Waals surface area (Å²) in [5, 5.41) is 2.01. The molecule has 1 amide bonds. The van der Waals surface area contributed by atoms with Gasteiger partial charge in [-0.2, -0.15) is 0 Å². The molecule has 24 heavy (non-hydrogen) atoms. The van der Waals surface area contributed by atoms with Crippen molar-refractivity contribution in [2.45, 2.75) is 32.9 Å². The Morgan fingerprint density at radius 1 is 1.29 bits per heavy atom. The molecule has 1 saturated heterocycles. The van der Waals surface area contributed by atoms with Gasteiger partial charge in [0, 0.05) is 16.5 Å². The normalized spacial score (nSPS) is 19.3. The molecule has 0 N–H and O–H groups in total. The summed E-state index contributed by atoms with van der Waals surface area (Å²) in [6, 6.07) is 9.26. The summed E-state index contributed by atoms with van der Waals surface area (Å²) in [7, 11) is -3.04. The first-order valence-electron chi connectivity index (χ1n) is 7.97. The van der Waals surface area contributed by atoms with Crippen LogP contribution >= 0.6 is 11.3 Å². The molecule has 2 heterocycles. The van der Waals surface area contributed by atoms with E-state index in [1.54, 1.807) is 22.3 Å². The Hall–Kier alpha value is -1.66. The van der Waals surface area contributed by atoms with Crippen molar-refractivity contribution >= 4 is 27.1 Å². The monoisotopic (exact) mass is 363 g/mol. The van der Waals surface area contributed by atoms with E-state index in [-0.39, 0.29) is 23.5 Å². The van der Waals surface area contributed by atoms with Gasteiger partial charge in [-0.1, -0.05) is 17.7 Å². The van der Waals surface area contributed by atoms with Crippen LogP contribution in [0.4, 0.5) is 0 Å². The number of carbonyl (C=O) groups excluding carboxylic acids is 1. The first-order valence-corrected chi connectivity index (χ1v) is 10.7. The Bertz CT molecular complexity index is 855. The molecule has 6 heteroatoms. The Kier molecular flexibility index (Phi) is 4.78. The van der Waals surface area contributed by atoms with E-state index in [4.69, 9.17) is 0 Å². The van der Waals surface area contributed by atoms with Crippen molar-refractivity contribution in [2.75, 3.05) is 11.5 Å². The van der Waals surface area contributed by atoms with Crippen molar-refractivity contribution in [3.05, 3.63) is 57.3 Å². The van der Waals surface area contributed by atoms with Crippen molar-refractivity contribution in [1.82, 2.24) is 4.90 Å². The summed E-state index contributed by atoms with van der Waals surface area (Å²) < 4.78 is 23.8.